The number of hydrogen-bond donors (Lipinski definition) is 1. The first-order valence-electron chi connectivity index (χ1n) is 6.05. The maximum absolute atomic E-state index is 6.00. The second kappa shape index (κ2) is 7.75. The quantitative estimate of drug-likeness (QED) is 0.770. The maximum atomic E-state index is 6.00. The van der Waals surface area contributed by atoms with Crippen LogP contribution in [0.5, 0.6) is 5.75 Å². The molecule has 2 nitrogen and oxygen atoms in total. The molecule has 2 aromatic rings. The molecule has 0 aliphatic carbocycles. The molecule has 0 radical (unpaired) electrons. The monoisotopic (exact) mass is 315 g/mol. The van der Waals surface area contributed by atoms with Gasteiger partial charge in [0.15, 0.2) is 0 Å². The fraction of sp³-hybridized carbons (Fsp3) is 0.286. The number of rotatable bonds is 7. The van der Waals surface area contributed by atoms with Gasteiger partial charge in [0.05, 0.1) is 5.02 Å². The van der Waals surface area contributed by atoms with Crippen molar-refractivity contribution in [3.8, 4) is 5.75 Å². The molecule has 1 aromatic carbocycles. The first-order chi connectivity index (χ1) is 9.25. The normalized spacial score (nSPS) is 10.6. The Hall–Kier alpha value is -0.740. The zero-order chi connectivity index (χ0) is 13.5. The molecule has 0 saturated heterocycles. The van der Waals surface area contributed by atoms with Crippen LogP contribution in [0.3, 0.4) is 0 Å². The zero-order valence-corrected chi connectivity index (χ0v) is 12.7. The molecule has 19 heavy (non-hydrogen) atoms. The summed E-state index contributed by atoms with van der Waals surface area (Å²) in [4.78, 5) is 0. The lowest BCUT2D eigenvalue weighted by molar-refractivity contribution is 0.314. The standard InChI is InChI=1S/C14H15Cl2NOS/c15-12-1-2-13(16)14(9-12)18-7-6-17-5-3-11-4-8-19-10-11/h1-2,4,8-10,17H,3,5-7H2. The Kier molecular flexibility index (Phi) is 5.98. The van der Waals surface area contributed by atoms with Gasteiger partial charge in [-0.3, -0.25) is 0 Å². The van der Waals surface area contributed by atoms with Gasteiger partial charge in [-0.1, -0.05) is 23.2 Å². The summed E-state index contributed by atoms with van der Waals surface area (Å²) in [6.07, 6.45) is 1.04. The lowest BCUT2D eigenvalue weighted by Crippen LogP contribution is -2.23. The van der Waals surface area contributed by atoms with Crippen LogP contribution in [0, 0.1) is 0 Å². The summed E-state index contributed by atoms with van der Waals surface area (Å²) in [7, 11) is 0. The molecule has 0 amide bonds. The molecule has 0 atom stereocenters. The second-order valence-corrected chi connectivity index (χ2v) is 5.68. The van der Waals surface area contributed by atoms with Crippen molar-refractivity contribution in [1.29, 1.82) is 0 Å². The Morgan fingerprint density at radius 3 is 2.84 bits per heavy atom. The molecule has 0 saturated carbocycles. The maximum Gasteiger partial charge on any atom is 0.139 e. The van der Waals surface area contributed by atoms with E-state index in [-0.39, 0.29) is 0 Å². The molecule has 0 spiro atoms. The van der Waals surface area contributed by atoms with Crippen molar-refractivity contribution in [2.75, 3.05) is 19.7 Å². The molecular formula is C14H15Cl2NOS. The molecule has 0 aliphatic heterocycles. The lowest BCUT2D eigenvalue weighted by atomic mass is 10.2. The van der Waals surface area contributed by atoms with E-state index in [1.54, 1.807) is 29.5 Å². The van der Waals surface area contributed by atoms with Crippen molar-refractivity contribution < 1.29 is 4.74 Å². The Bertz CT molecular complexity index is 502. The minimum absolute atomic E-state index is 0.573. The van der Waals surface area contributed by atoms with E-state index in [4.69, 9.17) is 27.9 Å². The van der Waals surface area contributed by atoms with Crippen LogP contribution in [0.2, 0.25) is 10.0 Å². The van der Waals surface area contributed by atoms with Gasteiger partial charge in [0.1, 0.15) is 12.4 Å². The van der Waals surface area contributed by atoms with Crippen LogP contribution in [-0.2, 0) is 6.42 Å². The Morgan fingerprint density at radius 1 is 1.16 bits per heavy atom. The summed E-state index contributed by atoms with van der Waals surface area (Å²) in [5.41, 5.74) is 1.37. The topological polar surface area (TPSA) is 21.3 Å². The van der Waals surface area contributed by atoms with E-state index in [2.05, 4.69) is 22.1 Å². The first-order valence-corrected chi connectivity index (χ1v) is 7.75. The van der Waals surface area contributed by atoms with E-state index in [0.717, 1.165) is 19.5 Å². The average molecular weight is 316 g/mol. The summed E-state index contributed by atoms with van der Waals surface area (Å²) in [5, 5.41) is 8.81. The summed E-state index contributed by atoms with van der Waals surface area (Å²) < 4.78 is 5.58. The predicted octanol–water partition coefficient (Wildman–Crippen LogP) is 4.27. The van der Waals surface area contributed by atoms with Gasteiger partial charge in [0.25, 0.3) is 0 Å². The van der Waals surface area contributed by atoms with Crippen molar-refractivity contribution in [1.82, 2.24) is 5.32 Å². The van der Waals surface area contributed by atoms with E-state index in [1.165, 1.54) is 5.56 Å². The van der Waals surface area contributed by atoms with Crippen LogP contribution in [0.1, 0.15) is 5.56 Å². The van der Waals surface area contributed by atoms with Crippen LogP contribution in [0.4, 0.5) is 0 Å². The van der Waals surface area contributed by atoms with Crippen molar-refractivity contribution in [2.45, 2.75) is 6.42 Å². The summed E-state index contributed by atoms with van der Waals surface area (Å²) in [6.45, 7) is 2.31. The molecule has 2 rings (SSSR count). The van der Waals surface area contributed by atoms with Gasteiger partial charge in [0, 0.05) is 17.6 Å². The molecular weight excluding hydrogens is 301 g/mol. The molecule has 0 fully saturated rings. The highest BCUT2D eigenvalue weighted by molar-refractivity contribution is 7.07. The van der Waals surface area contributed by atoms with Gasteiger partial charge < -0.3 is 10.1 Å². The van der Waals surface area contributed by atoms with Gasteiger partial charge >= 0.3 is 0 Å². The molecule has 1 aromatic heterocycles. The van der Waals surface area contributed by atoms with Crippen molar-refractivity contribution in [2.24, 2.45) is 0 Å². The summed E-state index contributed by atoms with van der Waals surface area (Å²) >= 11 is 13.6. The number of ether oxygens (including phenoxy) is 1. The smallest absolute Gasteiger partial charge is 0.139 e. The Morgan fingerprint density at radius 2 is 2.05 bits per heavy atom. The van der Waals surface area contributed by atoms with Crippen LogP contribution in [0.15, 0.2) is 35.0 Å². The van der Waals surface area contributed by atoms with Gasteiger partial charge in [0.2, 0.25) is 0 Å². The van der Waals surface area contributed by atoms with Crippen LogP contribution >= 0.6 is 34.5 Å². The SMILES string of the molecule is Clc1ccc(Cl)c(OCCNCCc2ccsc2)c1. The molecule has 102 valence electrons. The molecule has 5 heteroatoms. The van der Waals surface area contributed by atoms with Gasteiger partial charge in [-0.15, -0.1) is 0 Å². The third kappa shape index (κ3) is 5.03. The van der Waals surface area contributed by atoms with Crippen molar-refractivity contribution in [3.63, 3.8) is 0 Å². The molecule has 0 aliphatic rings. The van der Waals surface area contributed by atoms with Crippen LogP contribution in [0.25, 0.3) is 0 Å². The van der Waals surface area contributed by atoms with E-state index in [1.807, 2.05) is 0 Å². The third-order valence-corrected chi connectivity index (χ3v) is 3.88. The highest BCUT2D eigenvalue weighted by atomic mass is 35.5. The Labute approximate surface area is 127 Å². The first kappa shape index (κ1) is 14.7. The molecule has 1 N–H and O–H groups in total. The number of hydrogen-bond acceptors (Lipinski definition) is 3. The van der Waals surface area contributed by atoms with E-state index >= 15 is 0 Å². The molecule has 0 unspecified atom stereocenters. The number of halogens is 2. The van der Waals surface area contributed by atoms with E-state index < -0.39 is 0 Å². The highest BCUT2D eigenvalue weighted by Crippen LogP contribution is 2.27. The fourth-order valence-electron chi connectivity index (χ4n) is 1.61. The van der Waals surface area contributed by atoms with Crippen LogP contribution in [-0.4, -0.2) is 19.7 Å². The average Bonchev–Trinajstić information content (AvgIpc) is 2.90. The van der Waals surface area contributed by atoms with Gasteiger partial charge in [-0.2, -0.15) is 11.3 Å². The minimum Gasteiger partial charge on any atom is -0.491 e. The number of thiophene rings is 1. The minimum atomic E-state index is 0.573. The third-order valence-electron chi connectivity index (χ3n) is 2.60. The lowest BCUT2D eigenvalue weighted by Gasteiger charge is -2.09. The van der Waals surface area contributed by atoms with E-state index in [0.29, 0.717) is 22.4 Å². The summed E-state index contributed by atoms with van der Waals surface area (Å²) in [5.74, 6) is 0.633. The highest BCUT2D eigenvalue weighted by Gasteiger charge is 2.02. The molecule has 0 bridgehead atoms. The van der Waals surface area contributed by atoms with Gasteiger partial charge in [-0.05, 0) is 47.5 Å². The van der Waals surface area contributed by atoms with Gasteiger partial charge in [-0.25, -0.2) is 0 Å². The Balaban J connectivity index is 1.62. The fourth-order valence-corrected chi connectivity index (χ4v) is 2.65. The van der Waals surface area contributed by atoms with Crippen molar-refractivity contribution in [3.05, 3.63) is 50.6 Å². The van der Waals surface area contributed by atoms with Crippen LogP contribution < -0.4 is 10.1 Å². The number of benzene rings is 1. The number of nitrogens with one attached hydrogen (secondary N) is 1. The van der Waals surface area contributed by atoms with E-state index in [9.17, 15) is 0 Å². The van der Waals surface area contributed by atoms with Crippen molar-refractivity contribution >= 4 is 34.5 Å². The second-order valence-electron chi connectivity index (χ2n) is 4.05. The zero-order valence-electron chi connectivity index (χ0n) is 10.4. The largest absolute Gasteiger partial charge is 0.491 e. The molecule has 1 heterocycles. The predicted molar refractivity (Wildman–Crippen MR) is 82.8 cm³/mol. The summed E-state index contributed by atoms with van der Waals surface area (Å²) in [6, 6.07) is 7.36.